The molecule has 0 saturated heterocycles. The largest absolute Gasteiger partial charge is 0.497 e. The fourth-order valence-electron chi connectivity index (χ4n) is 3.60. The molecule has 3 aromatic rings. The van der Waals surface area contributed by atoms with Crippen molar-refractivity contribution < 1.29 is 18.7 Å². The molecule has 7 heteroatoms. The molecule has 1 amide bonds. The number of rotatable bonds is 5. The summed E-state index contributed by atoms with van der Waals surface area (Å²) in [4.78, 5) is 13.4. The van der Waals surface area contributed by atoms with E-state index in [0.29, 0.717) is 34.2 Å². The van der Waals surface area contributed by atoms with Crippen LogP contribution in [0.5, 0.6) is 11.5 Å². The van der Waals surface area contributed by atoms with Crippen molar-refractivity contribution in [2.24, 2.45) is 5.10 Å². The predicted molar refractivity (Wildman–Crippen MR) is 117 cm³/mol. The van der Waals surface area contributed by atoms with Gasteiger partial charge in [-0.15, -0.1) is 0 Å². The number of amides is 1. The third kappa shape index (κ3) is 4.11. The number of carbonyl (C=O) groups excluding carboxylic acids is 1. The zero-order valence-corrected chi connectivity index (χ0v) is 17.8. The minimum absolute atomic E-state index is 0.331. The number of hydrazone groups is 1. The zero-order valence-electron chi connectivity index (χ0n) is 17.0. The minimum Gasteiger partial charge on any atom is -0.497 e. The first-order valence-electron chi connectivity index (χ1n) is 9.65. The van der Waals surface area contributed by atoms with Gasteiger partial charge in [0, 0.05) is 18.1 Å². The van der Waals surface area contributed by atoms with Crippen molar-refractivity contribution in [2.45, 2.75) is 12.5 Å². The molecule has 1 atom stereocenters. The first-order valence-corrected chi connectivity index (χ1v) is 10.0. The lowest BCUT2D eigenvalue weighted by Crippen LogP contribution is -2.27. The van der Waals surface area contributed by atoms with E-state index in [1.165, 1.54) is 17.1 Å². The van der Waals surface area contributed by atoms with Crippen molar-refractivity contribution in [3.05, 3.63) is 94.3 Å². The first-order chi connectivity index (χ1) is 15.0. The summed E-state index contributed by atoms with van der Waals surface area (Å²) in [5, 5.41) is 6.40. The van der Waals surface area contributed by atoms with Gasteiger partial charge in [-0.1, -0.05) is 35.9 Å². The number of hydrogen-bond acceptors (Lipinski definition) is 4. The quantitative estimate of drug-likeness (QED) is 0.529. The smallest absolute Gasteiger partial charge is 0.276 e. The molecular formula is C24H20ClFN2O3. The molecule has 0 unspecified atom stereocenters. The molecular weight excluding hydrogens is 419 g/mol. The summed E-state index contributed by atoms with van der Waals surface area (Å²) < 4.78 is 24.3. The highest BCUT2D eigenvalue weighted by Gasteiger charge is 2.35. The summed E-state index contributed by atoms with van der Waals surface area (Å²) in [5.41, 5.74) is 2.55. The van der Waals surface area contributed by atoms with Gasteiger partial charge >= 0.3 is 0 Å². The van der Waals surface area contributed by atoms with Crippen molar-refractivity contribution >= 4 is 23.2 Å². The van der Waals surface area contributed by atoms with Gasteiger partial charge in [0.2, 0.25) is 0 Å². The van der Waals surface area contributed by atoms with Gasteiger partial charge in [-0.3, -0.25) is 4.79 Å². The Hall–Kier alpha value is -3.38. The molecule has 0 aromatic heterocycles. The highest BCUT2D eigenvalue weighted by atomic mass is 35.5. The Kier molecular flexibility index (Phi) is 5.91. The molecule has 4 rings (SSSR count). The molecule has 158 valence electrons. The van der Waals surface area contributed by atoms with Gasteiger partial charge < -0.3 is 9.47 Å². The van der Waals surface area contributed by atoms with Crippen LogP contribution in [-0.2, 0) is 0 Å². The Labute approximate surface area is 184 Å². The lowest BCUT2D eigenvalue weighted by Gasteiger charge is -2.22. The number of nitrogens with zero attached hydrogens (tertiary/aromatic N) is 2. The van der Waals surface area contributed by atoms with Crippen LogP contribution in [0.2, 0.25) is 5.02 Å². The molecule has 1 heterocycles. The third-order valence-electron chi connectivity index (χ3n) is 5.20. The van der Waals surface area contributed by atoms with Crippen molar-refractivity contribution in [3.63, 3.8) is 0 Å². The Bertz CT molecular complexity index is 1150. The second-order valence-corrected chi connectivity index (χ2v) is 7.42. The van der Waals surface area contributed by atoms with Gasteiger partial charge in [0.1, 0.15) is 17.3 Å². The van der Waals surface area contributed by atoms with Crippen LogP contribution in [0.3, 0.4) is 0 Å². The predicted octanol–water partition coefficient (Wildman–Crippen LogP) is 5.49. The van der Waals surface area contributed by atoms with E-state index in [-0.39, 0.29) is 11.7 Å². The number of ether oxygens (including phenoxy) is 2. The van der Waals surface area contributed by atoms with Crippen LogP contribution in [0, 0.1) is 5.82 Å². The van der Waals surface area contributed by atoms with E-state index in [4.69, 9.17) is 21.1 Å². The second kappa shape index (κ2) is 8.78. The van der Waals surface area contributed by atoms with Crippen molar-refractivity contribution in [1.29, 1.82) is 0 Å². The number of halogens is 2. The molecule has 31 heavy (non-hydrogen) atoms. The SMILES string of the molecule is COc1ccc(C2=NN(C(=O)c3ccccc3Cl)[C@@H](c3ccc(F)cc3)C2)c(OC)c1. The molecule has 0 saturated carbocycles. The molecule has 5 nitrogen and oxygen atoms in total. The van der Waals surface area contributed by atoms with E-state index in [2.05, 4.69) is 5.10 Å². The van der Waals surface area contributed by atoms with Crippen LogP contribution >= 0.6 is 11.6 Å². The van der Waals surface area contributed by atoms with Gasteiger partial charge in [0.25, 0.3) is 5.91 Å². The molecule has 0 bridgehead atoms. The number of benzene rings is 3. The average molecular weight is 439 g/mol. The van der Waals surface area contributed by atoms with Crippen molar-refractivity contribution in [2.75, 3.05) is 14.2 Å². The van der Waals surface area contributed by atoms with Crippen LogP contribution in [0.4, 0.5) is 4.39 Å². The fraction of sp³-hybridized carbons (Fsp3) is 0.167. The maximum atomic E-state index is 13.5. The van der Waals surface area contributed by atoms with Crippen LogP contribution in [0.15, 0.2) is 71.8 Å². The van der Waals surface area contributed by atoms with E-state index in [9.17, 15) is 9.18 Å². The van der Waals surface area contributed by atoms with E-state index < -0.39 is 6.04 Å². The lowest BCUT2D eigenvalue weighted by atomic mass is 9.97. The number of carbonyl (C=O) groups is 1. The minimum atomic E-state index is -0.411. The topological polar surface area (TPSA) is 51.1 Å². The molecule has 0 aliphatic carbocycles. The molecule has 1 aliphatic heterocycles. The summed E-state index contributed by atoms with van der Waals surface area (Å²) in [6.07, 6.45) is 0.435. The maximum Gasteiger partial charge on any atom is 0.276 e. The van der Waals surface area contributed by atoms with Crippen LogP contribution in [0.25, 0.3) is 0 Å². The molecule has 0 fully saturated rings. The third-order valence-corrected chi connectivity index (χ3v) is 5.53. The molecule has 0 N–H and O–H groups in total. The summed E-state index contributed by atoms with van der Waals surface area (Å²) in [6.45, 7) is 0. The Balaban J connectivity index is 1.78. The Morgan fingerprint density at radius 2 is 1.81 bits per heavy atom. The van der Waals surface area contributed by atoms with Crippen LogP contribution in [0.1, 0.15) is 33.9 Å². The van der Waals surface area contributed by atoms with Crippen molar-refractivity contribution in [3.8, 4) is 11.5 Å². The summed E-state index contributed by atoms with van der Waals surface area (Å²) in [6, 6.07) is 17.9. The summed E-state index contributed by atoms with van der Waals surface area (Å²) in [7, 11) is 3.15. The molecule has 1 aliphatic rings. The fourth-order valence-corrected chi connectivity index (χ4v) is 3.82. The van der Waals surface area contributed by atoms with Gasteiger partial charge in [0.05, 0.1) is 36.6 Å². The summed E-state index contributed by atoms with van der Waals surface area (Å²) >= 11 is 6.27. The first kappa shape index (κ1) is 20.9. The van der Waals surface area contributed by atoms with E-state index in [1.54, 1.807) is 56.7 Å². The van der Waals surface area contributed by atoms with Crippen LogP contribution in [-0.4, -0.2) is 30.8 Å². The monoisotopic (exact) mass is 438 g/mol. The van der Waals surface area contributed by atoms with E-state index in [1.807, 2.05) is 12.1 Å². The Morgan fingerprint density at radius 3 is 2.48 bits per heavy atom. The average Bonchev–Trinajstić information content (AvgIpc) is 3.24. The molecule has 0 radical (unpaired) electrons. The normalized spacial score (nSPS) is 15.5. The van der Waals surface area contributed by atoms with Crippen LogP contribution < -0.4 is 9.47 Å². The standard InChI is InChI=1S/C24H20ClFN2O3/c1-30-17-11-12-19(23(13-17)31-2)21-14-22(15-7-9-16(26)10-8-15)28(27-21)24(29)18-5-3-4-6-20(18)25/h3-13,22H,14H2,1-2H3/t22-/m1/s1. The molecule has 0 spiro atoms. The summed E-state index contributed by atoms with van der Waals surface area (Å²) in [5.74, 6) is 0.562. The van der Waals surface area contributed by atoms with Crippen molar-refractivity contribution in [1.82, 2.24) is 5.01 Å². The highest BCUT2D eigenvalue weighted by Crippen LogP contribution is 2.37. The number of hydrogen-bond donors (Lipinski definition) is 0. The maximum absolute atomic E-state index is 13.5. The number of methoxy groups -OCH3 is 2. The highest BCUT2D eigenvalue weighted by molar-refractivity contribution is 6.33. The molecule has 3 aromatic carbocycles. The zero-order chi connectivity index (χ0) is 22.0. The van der Waals surface area contributed by atoms with E-state index >= 15 is 0 Å². The second-order valence-electron chi connectivity index (χ2n) is 7.01. The van der Waals surface area contributed by atoms with Gasteiger partial charge in [-0.05, 0) is 42.0 Å². The van der Waals surface area contributed by atoms with Gasteiger partial charge in [-0.25, -0.2) is 9.40 Å². The van der Waals surface area contributed by atoms with Gasteiger partial charge in [-0.2, -0.15) is 5.10 Å². The Morgan fingerprint density at radius 1 is 1.06 bits per heavy atom. The van der Waals surface area contributed by atoms with Gasteiger partial charge in [0.15, 0.2) is 0 Å². The van der Waals surface area contributed by atoms with E-state index in [0.717, 1.165) is 11.1 Å². The lowest BCUT2D eigenvalue weighted by molar-refractivity contribution is 0.0711.